The molecule has 4 nitrogen and oxygen atoms in total. The van der Waals surface area contributed by atoms with E-state index < -0.39 is 0 Å². The fourth-order valence-electron chi connectivity index (χ4n) is 2.58. The second kappa shape index (κ2) is 7.77. The number of rotatable bonds is 5. The predicted octanol–water partition coefficient (Wildman–Crippen LogP) is 3.28. The Kier molecular flexibility index (Phi) is 5.74. The molecule has 0 unspecified atom stereocenters. The lowest BCUT2D eigenvalue weighted by Gasteiger charge is -2.23. The van der Waals surface area contributed by atoms with Gasteiger partial charge in [0.25, 0.3) is 0 Å². The van der Waals surface area contributed by atoms with Gasteiger partial charge < -0.3 is 10.2 Å². The second-order valence-electron chi connectivity index (χ2n) is 6.10. The van der Waals surface area contributed by atoms with Crippen molar-refractivity contribution in [1.82, 2.24) is 5.32 Å². The standard InChI is InChI=1S/C20H24N2O2/c1-14-9-10-16(3)19(11-14)22(17(4)23)13-20(24)21-12-18-8-6-5-7-15(18)2/h5-11H,12-13H2,1-4H3,(H,21,24). The molecule has 2 rings (SSSR count). The largest absolute Gasteiger partial charge is 0.350 e. The first-order valence-electron chi connectivity index (χ1n) is 8.05. The van der Waals surface area contributed by atoms with E-state index in [0.717, 1.165) is 27.9 Å². The zero-order valence-corrected chi connectivity index (χ0v) is 14.7. The van der Waals surface area contributed by atoms with E-state index in [1.807, 2.05) is 63.2 Å². The first-order valence-corrected chi connectivity index (χ1v) is 8.05. The molecule has 24 heavy (non-hydrogen) atoms. The summed E-state index contributed by atoms with van der Waals surface area (Å²) in [7, 11) is 0. The summed E-state index contributed by atoms with van der Waals surface area (Å²) in [6, 6.07) is 13.8. The van der Waals surface area contributed by atoms with E-state index in [0.29, 0.717) is 6.54 Å². The molecule has 0 aromatic heterocycles. The quantitative estimate of drug-likeness (QED) is 0.917. The Bertz CT molecular complexity index is 753. The molecule has 0 bridgehead atoms. The molecule has 0 aliphatic rings. The molecule has 2 aromatic carbocycles. The van der Waals surface area contributed by atoms with Crippen molar-refractivity contribution in [2.75, 3.05) is 11.4 Å². The third kappa shape index (κ3) is 4.44. The summed E-state index contributed by atoms with van der Waals surface area (Å²) in [5.41, 5.74) is 5.03. The van der Waals surface area contributed by atoms with Gasteiger partial charge in [-0.15, -0.1) is 0 Å². The average Bonchev–Trinajstić information content (AvgIpc) is 2.54. The van der Waals surface area contributed by atoms with Crippen molar-refractivity contribution in [3.05, 3.63) is 64.7 Å². The van der Waals surface area contributed by atoms with E-state index in [1.54, 1.807) is 0 Å². The molecule has 0 saturated heterocycles. The lowest BCUT2D eigenvalue weighted by molar-refractivity contribution is -0.123. The lowest BCUT2D eigenvalue weighted by Crippen LogP contribution is -2.40. The maximum absolute atomic E-state index is 12.3. The third-order valence-electron chi connectivity index (χ3n) is 4.07. The van der Waals surface area contributed by atoms with Crippen LogP contribution in [0.1, 0.15) is 29.2 Å². The smallest absolute Gasteiger partial charge is 0.240 e. The number of hydrogen-bond acceptors (Lipinski definition) is 2. The first-order chi connectivity index (χ1) is 11.4. The van der Waals surface area contributed by atoms with Crippen LogP contribution in [0.25, 0.3) is 0 Å². The van der Waals surface area contributed by atoms with Crippen LogP contribution in [0.5, 0.6) is 0 Å². The van der Waals surface area contributed by atoms with Gasteiger partial charge in [-0.05, 0) is 49.1 Å². The number of carbonyl (C=O) groups is 2. The van der Waals surface area contributed by atoms with Crippen LogP contribution >= 0.6 is 0 Å². The van der Waals surface area contributed by atoms with Gasteiger partial charge in [0, 0.05) is 19.2 Å². The minimum absolute atomic E-state index is 0.0194. The molecule has 0 atom stereocenters. The Morgan fingerprint density at radius 3 is 2.38 bits per heavy atom. The van der Waals surface area contributed by atoms with Crippen LogP contribution in [0.15, 0.2) is 42.5 Å². The molecular formula is C20H24N2O2. The van der Waals surface area contributed by atoms with Crippen molar-refractivity contribution in [2.45, 2.75) is 34.2 Å². The van der Waals surface area contributed by atoms with Gasteiger partial charge in [-0.1, -0.05) is 36.4 Å². The summed E-state index contributed by atoms with van der Waals surface area (Å²) in [6.45, 7) is 7.89. The number of carbonyl (C=O) groups excluding carboxylic acids is 2. The lowest BCUT2D eigenvalue weighted by atomic mass is 10.1. The summed E-state index contributed by atoms with van der Waals surface area (Å²) < 4.78 is 0. The van der Waals surface area contributed by atoms with Crippen LogP contribution < -0.4 is 10.2 Å². The molecule has 2 amide bonds. The van der Waals surface area contributed by atoms with Gasteiger partial charge in [-0.2, -0.15) is 0 Å². The van der Waals surface area contributed by atoms with Gasteiger partial charge in [0.15, 0.2) is 0 Å². The van der Waals surface area contributed by atoms with Crippen LogP contribution in [0.2, 0.25) is 0 Å². The van der Waals surface area contributed by atoms with Crippen molar-refractivity contribution < 1.29 is 9.59 Å². The van der Waals surface area contributed by atoms with E-state index in [1.165, 1.54) is 11.8 Å². The van der Waals surface area contributed by atoms with Gasteiger partial charge in [0.05, 0.1) is 0 Å². The molecule has 0 aliphatic carbocycles. The number of anilines is 1. The monoisotopic (exact) mass is 324 g/mol. The molecule has 2 aromatic rings. The molecule has 4 heteroatoms. The molecule has 1 N–H and O–H groups in total. The predicted molar refractivity (Wildman–Crippen MR) is 97.0 cm³/mol. The van der Waals surface area contributed by atoms with E-state index in [9.17, 15) is 9.59 Å². The average molecular weight is 324 g/mol. The topological polar surface area (TPSA) is 49.4 Å². The van der Waals surface area contributed by atoms with Crippen molar-refractivity contribution >= 4 is 17.5 Å². The van der Waals surface area contributed by atoms with Gasteiger partial charge in [0.1, 0.15) is 6.54 Å². The van der Waals surface area contributed by atoms with Crippen molar-refractivity contribution in [3.63, 3.8) is 0 Å². The Hall–Kier alpha value is -2.62. The summed E-state index contributed by atoms with van der Waals surface area (Å²) >= 11 is 0. The van der Waals surface area contributed by atoms with Gasteiger partial charge in [0.2, 0.25) is 11.8 Å². The minimum Gasteiger partial charge on any atom is -0.350 e. The van der Waals surface area contributed by atoms with Gasteiger partial charge >= 0.3 is 0 Å². The number of amides is 2. The summed E-state index contributed by atoms with van der Waals surface area (Å²) in [5, 5.41) is 2.90. The SMILES string of the molecule is CC(=O)N(CC(=O)NCc1ccccc1C)c1cc(C)ccc1C. The number of nitrogens with one attached hydrogen (secondary N) is 1. The molecule has 0 radical (unpaired) electrons. The maximum atomic E-state index is 12.3. The summed E-state index contributed by atoms with van der Waals surface area (Å²) in [4.78, 5) is 25.8. The van der Waals surface area contributed by atoms with E-state index in [4.69, 9.17) is 0 Å². The van der Waals surface area contributed by atoms with Crippen LogP contribution in [0.3, 0.4) is 0 Å². The highest BCUT2D eigenvalue weighted by Crippen LogP contribution is 2.21. The third-order valence-corrected chi connectivity index (χ3v) is 4.07. The van der Waals surface area contributed by atoms with Crippen LogP contribution in [-0.4, -0.2) is 18.4 Å². The zero-order valence-electron chi connectivity index (χ0n) is 14.7. The van der Waals surface area contributed by atoms with Crippen molar-refractivity contribution in [2.24, 2.45) is 0 Å². The van der Waals surface area contributed by atoms with E-state index in [-0.39, 0.29) is 18.4 Å². The molecule has 0 saturated carbocycles. The fourth-order valence-corrected chi connectivity index (χ4v) is 2.58. The maximum Gasteiger partial charge on any atom is 0.240 e. The van der Waals surface area contributed by atoms with Crippen LogP contribution in [0, 0.1) is 20.8 Å². The highest BCUT2D eigenvalue weighted by molar-refractivity contribution is 5.98. The van der Waals surface area contributed by atoms with E-state index >= 15 is 0 Å². The Labute approximate surface area is 143 Å². The van der Waals surface area contributed by atoms with Gasteiger partial charge in [-0.3, -0.25) is 9.59 Å². The second-order valence-corrected chi connectivity index (χ2v) is 6.10. The molecule has 0 spiro atoms. The Morgan fingerprint density at radius 2 is 1.71 bits per heavy atom. The fraction of sp³-hybridized carbons (Fsp3) is 0.300. The van der Waals surface area contributed by atoms with Crippen LogP contribution in [-0.2, 0) is 16.1 Å². The van der Waals surface area contributed by atoms with Crippen molar-refractivity contribution in [3.8, 4) is 0 Å². The highest BCUT2D eigenvalue weighted by Gasteiger charge is 2.17. The molecule has 0 fully saturated rings. The number of aryl methyl sites for hydroxylation is 3. The summed E-state index contributed by atoms with van der Waals surface area (Å²) in [5.74, 6) is -0.316. The molecule has 126 valence electrons. The zero-order chi connectivity index (χ0) is 17.7. The molecular weight excluding hydrogens is 300 g/mol. The van der Waals surface area contributed by atoms with Crippen LogP contribution in [0.4, 0.5) is 5.69 Å². The number of benzene rings is 2. The van der Waals surface area contributed by atoms with Gasteiger partial charge in [-0.25, -0.2) is 0 Å². The number of nitrogens with zero attached hydrogens (tertiary/aromatic N) is 1. The molecule has 0 heterocycles. The molecule has 0 aliphatic heterocycles. The Balaban J connectivity index is 2.08. The summed E-state index contributed by atoms with van der Waals surface area (Å²) in [6.07, 6.45) is 0. The number of hydrogen-bond donors (Lipinski definition) is 1. The highest BCUT2D eigenvalue weighted by atomic mass is 16.2. The normalized spacial score (nSPS) is 10.3. The Morgan fingerprint density at radius 1 is 1.00 bits per heavy atom. The van der Waals surface area contributed by atoms with E-state index in [2.05, 4.69) is 5.32 Å². The minimum atomic E-state index is -0.172. The first kappa shape index (κ1) is 17.7. The van der Waals surface area contributed by atoms with Crippen molar-refractivity contribution in [1.29, 1.82) is 0 Å².